The maximum atomic E-state index is 13.4. The van der Waals surface area contributed by atoms with E-state index in [1.54, 1.807) is 0 Å². The second-order valence-electron chi connectivity index (χ2n) is 6.78. The smallest absolute Gasteiger partial charge is 0.414 e. The third-order valence-electron chi connectivity index (χ3n) is 4.48. The Labute approximate surface area is 173 Å². The van der Waals surface area contributed by atoms with E-state index < -0.39 is 5.82 Å². The Balaban J connectivity index is 1.39. The molecule has 1 aliphatic rings. The quantitative estimate of drug-likeness (QED) is 0.594. The zero-order valence-electron chi connectivity index (χ0n) is 16.1. The van der Waals surface area contributed by atoms with Crippen LogP contribution in [-0.4, -0.2) is 41.9 Å². The van der Waals surface area contributed by atoms with E-state index in [1.807, 2.05) is 0 Å². The van der Waals surface area contributed by atoms with Crippen LogP contribution < -0.4 is 20.1 Å². The van der Waals surface area contributed by atoms with E-state index in [0.29, 0.717) is 19.0 Å². The predicted octanol–water partition coefficient (Wildman–Crippen LogP) is 3.03. The van der Waals surface area contributed by atoms with Crippen molar-refractivity contribution in [2.75, 3.05) is 19.8 Å². The van der Waals surface area contributed by atoms with Crippen molar-refractivity contribution in [3.8, 4) is 11.8 Å². The molecular formula is C19H24ClFN4O4. The molecule has 0 saturated carbocycles. The van der Waals surface area contributed by atoms with Gasteiger partial charge in [-0.05, 0) is 31.4 Å². The average Bonchev–Trinajstić information content (AvgIpc) is 3.19. The van der Waals surface area contributed by atoms with E-state index in [-0.39, 0.29) is 41.4 Å². The van der Waals surface area contributed by atoms with Gasteiger partial charge in [-0.15, -0.1) is 5.10 Å². The van der Waals surface area contributed by atoms with E-state index in [9.17, 15) is 9.18 Å². The molecule has 0 bridgehead atoms. The summed E-state index contributed by atoms with van der Waals surface area (Å²) in [4.78, 5) is 12.1. The Morgan fingerprint density at radius 3 is 2.97 bits per heavy atom. The van der Waals surface area contributed by atoms with E-state index in [2.05, 4.69) is 27.8 Å². The summed E-state index contributed by atoms with van der Waals surface area (Å²) in [6.45, 7) is 2.98. The molecule has 0 spiro atoms. The summed E-state index contributed by atoms with van der Waals surface area (Å²) in [5.41, 5.74) is 0. The lowest BCUT2D eigenvalue weighted by Crippen LogP contribution is -2.48. The summed E-state index contributed by atoms with van der Waals surface area (Å²) in [7, 11) is 0. The summed E-state index contributed by atoms with van der Waals surface area (Å²) in [6.07, 6.45) is 3.61. The van der Waals surface area contributed by atoms with Crippen LogP contribution in [0, 0.1) is 5.82 Å². The van der Waals surface area contributed by atoms with Crippen LogP contribution in [0.2, 0.25) is 5.02 Å². The summed E-state index contributed by atoms with van der Waals surface area (Å²) >= 11 is 5.62. The van der Waals surface area contributed by atoms with Gasteiger partial charge in [0.1, 0.15) is 11.6 Å². The Hall–Kier alpha value is -2.39. The highest BCUT2D eigenvalue weighted by Crippen LogP contribution is 2.24. The van der Waals surface area contributed by atoms with Gasteiger partial charge in [-0.3, -0.25) is 4.79 Å². The number of halogens is 2. The minimum Gasteiger partial charge on any atom is -0.484 e. The third kappa shape index (κ3) is 6.30. The lowest BCUT2D eigenvalue weighted by atomic mass is 10.0. The van der Waals surface area contributed by atoms with E-state index in [4.69, 9.17) is 25.5 Å². The lowest BCUT2D eigenvalue weighted by Gasteiger charge is -2.28. The molecule has 158 valence electrons. The molecule has 1 aliphatic heterocycles. The predicted molar refractivity (Wildman–Crippen MR) is 104 cm³/mol. The number of unbranched alkanes of at least 4 members (excludes halogenated alkanes) is 1. The van der Waals surface area contributed by atoms with Gasteiger partial charge < -0.3 is 24.5 Å². The highest BCUT2D eigenvalue weighted by molar-refractivity contribution is 6.30. The van der Waals surface area contributed by atoms with Gasteiger partial charge in [0.15, 0.2) is 6.61 Å². The minimum absolute atomic E-state index is 0.00512. The van der Waals surface area contributed by atoms with Gasteiger partial charge in [0.25, 0.3) is 5.91 Å². The van der Waals surface area contributed by atoms with Crippen molar-refractivity contribution in [2.45, 2.75) is 44.7 Å². The topological polar surface area (TPSA) is 98.5 Å². The molecule has 1 fully saturated rings. The number of nitrogens with one attached hydrogen (secondary N) is 2. The molecule has 0 aliphatic carbocycles. The lowest BCUT2D eigenvalue weighted by molar-refractivity contribution is -0.124. The number of amides is 1. The molecule has 1 amide bonds. The number of rotatable bonds is 9. The number of carbonyl (C=O) groups excluding carboxylic acids is 1. The van der Waals surface area contributed by atoms with Gasteiger partial charge in [-0.25, -0.2) is 4.39 Å². The first-order valence-corrected chi connectivity index (χ1v) is 9.99. The first-order valence-electron chi connectivity index (χ1n) is 9.62. The SMILES string of the molecule is CCCCOc1nnc([C@H]2CC[C@H](NC(=O)COc3ccc(Cl)c(F)c3)CN2)o1. The van der Waals surface area contributed by atoms with Crippen molar-refractivity contribution in [3.05, 3.63) is 34.9 Å². The monoisotopic (exact) mass is 426 g/mol. The average molecular weight is 427 g/mol. The van der Waals surface area contributed by atoms with Gasteiger partial charge >= 0.3 is 6.08 Å². The fourth-order valence-electron chi connectivity index (χ4n) is 2.90. The molecule has 10 heteroatoms. The number of ether oxygens (including phenoxy) is 2. The highest BCUT2D eigenvalue weighted by atomic mass is 35.5. The molecule has 2 aromatic rings. The van der Waals surface area contributed by atoms with Gasteiger partial charge in [-0.1, -0.05) is 30.0 Å². The Morgan fingerprint density at radius 1 is 1.38 bits per heavy atom. The molecule has 1 saturated heterocycles. The highest BCUT2D eigenvalue weighted by Gasteiger charge is 2.27. The normalized spacial score (nSPS) is 19.0. The number of hydrogen-bond acceptors (Lipinski definition) is 7. The summed E-state index contributed by atoms with van der Waals surface area (Å²) < 4.78 is 29.6. The van der Waals surface area contributed by atoms with Crippen LogP contribution in [0.3, 0.4) is 0 Å². The van der Waals surface area contributed by atoms with Gasteiger partial charge in [-0.2, -0.15) is 0 Å². The fraction of sp³-hybridized carbons (Fsp3) is 0.526. The molecule has 29 heavy (non-hydrogen) atoms. The number of benzene rings is 1. The van der Waals surface area contributed by atoms with E-state index in [1.165, 1.54) is 12.1 Å². The zero-order valence-corrected chi connectivity index (χ0v) is 16.9. The molecule has 0 radical (unpaired) electrons. The second-order valence-corrected chi connectivity index (χ2v) is 7.18. The molecule has 0 unspecified atom stereocenters. The summed E-state index contributed by atoms with van der Waals surface area (Å²) in [5, 5.41) is 14.1. The van der Waals surface area contributed by atoms with Crippen molar-refractivity contribution < 1.29 is 23.1 Å². The number of hydrogen-bond donors (Lipinski definition) is 2. The van der Waals surface area contributed by atoms with E-state index >= 15 is 0 Å². The van der Waals surface area contributed by atoms with Crippen LogP contribution in [0.5, 0.6) is 11.8 Å². The van der Waals surface area contributed by atoms with Crippen LogP contribution in [0.25, 0.3) is 0 Å². The van der Waals surface area contributed by atoms with Crippen LogP contribution in [0.4, 0.5) is 4.39 Å². The van der Waals surface area contributed by atoms with Crippen LogP contribution in [0.15, 0.2) is 22.6 Å². The number of piperidine rings is 1. The third-order valence-corrected chi connectivity index (χ3v) is 4.79. The molecule has 8 nitrogen and oxygen atoms in total. The van der Waals surface area contributed by atoms with Gasteiger partial charge in [0, 0.05) is 18.7 Å². The maximum Gasteiger partial charge on any atom is 0.414 e. The Morgan fingerprint density at radius 2 is 2.24 bits per heavy atom. The van der Waals surface area contributed by atoms with Crippen LogP contribution >= 0.6 is 11.6 Å². The van der Waals surface area contributed by atoms with Crippen molar-refractivity contribution in [2.24, 2.45) is 0 Å². The fourth-order valence-corrected chi connectivity index (χ4v) is 3.02. The Bertz CT molecular complexity index is 811. The molecule has 2 atom stereocenters. The van der Waals surface area contributed by atoms with Crippen LogP contribution in [-0.2, 0) is 4.79 Å². The molecule has 3 rings (SSSR count). The minimum atomic E-state index is -0.591. The maximum absolute atomic E-state index is 13.4. The Kier molecular flexibility index (Phi) is 7.65. The summed E-state index contributed by atoms with van der Waals surface area (Å²) in [5.74, 6) is -0.145. The molecule has 2 N–H and O–H groups in total. The van der Waals surface area contributed by atoms with Crippen molar-refractivity contribution >= 4 is 17.5 Å². The van der Waals surface area contributed by atoms with Crippen molar-refractivity contribution in [1.29, 1.82) is 0 Å². The summed E-state index contributed by atoms with van der Waals surface area (Å²) in [6, 6.07) is 3.91. The molecule has 1 aromatic carbocycles. The number of carbonyl (C=O) groups is 1. The van der Waals surface area contributed by atoms with E-state index in [0.717, 1.165) is 31.7 Å². The molecule has 1 aromatic heterocycles. The zero-order chi connectivity index (χ0) is 20.6. The van der Waals surface area contributed by atoms with Gasteiger partial charge in [0.05, 0.1) is 17.7 Å². The molecular weight excluding hydrogens is 403 g/mol. The first-order chi connectivity index (χ1) is 14.0. The standard InChI is InChI=1S/C19H24ClFN4O4/c1-2-3-8-27-19-25-24-18(29-19)16-7-4-12(10-22-16)23-17(26)11-28-13-5-6-14(20)15(21)9-13/h5-6,9,12,16,22H,2-4,7-8,10-11H2,1H3,(H,23,26)/t12-,16+/m0/s1. The largest absolute Gasteiger partial charge is 0.484 e. The van der Waals surface area contributed by atoms with Crippen molar-refractivity contribution in [1.82, 2.24) is 20.8 Å². The number of nitrogens with zero attached hydrogens (tertiary/aromatic N) is 2. The number of aromatic nitrogens is 2. The van der Waals surface area contributed by atoms with Crippen LogP contribution in [0.1, 0.15) is 44.5 Å². The first kappa shape index (κ1) is 21.3. The molecule has 2 heterocycles. The second kappa shape index (κ2) is 10.4. The van der Waals surface area contributed by atoms with Crippen molar-refractivity contribution in [3.63, 3.8) is 0 Å². The van der Waals surface area contributed by atoms with Gasteiger partial charge in [0.2, 0.25) is 5.89 Å².